The molecule has 1 fully saturated rings. The molecule has 1 rings (SSSR count). The van der Waals surface area contributed by atoms with Crippen LogP contribution in [0.1, 0.15) is 33.1 Å². The van der Waals surface area contributed by atoms with Gasteiger partial charge in [0.1, 0.15) is 0 Å². The van der Waals surface area contributed by atoms with E-state index in [1.165, 1.54) is 0 Å². The van der Waals surface area contributed by atoms with Crippen LogP contribution in [0.3, 0.4) is 0 Å². The molecular weight excluding hydrogens is 194 g/mol. The van der Waals surface area contributed by atoms with E-state index in [0.29, 0.717) is 12.3 Å². The summed E-state index contributed by atoms with van der Waals surface area (Å²) in [5, 5.41) is 14.3. The number of nitrogens with zero attached hydrogens (tertiary/aromatic N) is 1. The first-order chi connectivity index (χ1) is 7.04. The van der Waals surface area contributed by atoms with Gasteiger partial charge in [-0.05, 0) is 24.7 Å². The van der Waals surface area contributed by atoms with Crippen LogP contribution in [-0.2, 0) is 4.79 Å². The number of carbonyl (C=O) groups excluding carboxylic acids is 1. The molecule has 0 aromatic rings. The van der Waals surface area contributed by atoms with Crippen LogP contribution in [0.5, 0.6) is 0 Å². The third-order valence-corrected chi connectivity index (χ3v) is 2.59. The Labute approximate surface area is 89.7 Å². The number of amidine groups is 1. The van der Waals surface area contributed by atoms with Gasteiger partial charge in [-0.3, -0.25) is 4.79 Å². The average molecular weight is 213 g/mol. The van der Waals surface area contributed by atoms with E-state index in [-0.39, 0.29) is 23.7 Å². The van der Waals surface area contributed by atoms with E-state index in [2.05, 4.69) is 10.5 Å². The quantitative estimate of drug-likeness (QED) is 0.271. The van der Waals surface area contributed by atoms with E-state index >= 15 is 0 Å². The van der Waals surface area contributed by atoms with Crippen LogP contribution in [0.15, 0.2) is 5.16 Å². The lowest BCUT2D eigenvalue weighted by atomic mass is 10.0. The molecule has 15 heavy (non-hydrogen) atoms. The van der Waals surface area contributed by atoms with Crippen molar-refractivity contribution in [2.75, 3.05) is 0 Å². The van der Waals surface area contributed by atoms with E-state index in [1.54, 1.807) is 0 Å². The highest BCUT2D eigenvalue weighted by molar-refractivity contribution is 5.90. The summed E-state index contributed by atoms with van der Waals surface area (Å²) in [6, 6.07) is -0.374. The fraction of sp³-hybridized carbons (Fsp3) is 0.800. The predicted octanol–water partition coefficient (Wildman–Crippen LogP) is 0.674. The first-order valence-corrected chi connectivity index (χ1v) is 5.31. The molecule has 1 unspecified atom stereocenters. The second-order valence-electron chi connectivity index (χ2n) is 4.46. The third kappa shape index (κ3) is 3.77. The zero-order chi connectivity index (χ0) is 11.4. The van der Waals surface area contributed by atoms with Crippen LogP contribution in [0.2, 0.25) is 0 Å². The highest BCUT2D eigenvalue weighted by Gasteiger charge is 2.27. The van der Waals surface area contributed by atoms with Crippen LogP contribution in [0.4, 0.5) is 0 Å². The molecule has 1 aliphatic carbocycles. The molecule has 4 N–H and O–H groups in total. The minimum absolute atomic E-state index is 0.0113. The number of hydrogen-bond acceptors (Lipinski definition) is 3. The molecule has 0 radical (unpaired) electrons. The fourth-order valence-electron chi connectivity index (χ4n) is 1.46. The maximum atomic E-state index is 11.5. The van der Waals surface area contributed by atoms with Crippen LogP contribution < -0.4 is 11.1 Å². The molecule has 0 heterocycles. The first kappa shape index (κ1) is 11.8. The molecule has 1 saturated carbocycles. The Morgan fingerprint density at radius 1 is 1.60 bits per heavy atom. The van der Waals surface area contributed by atoms with Crippen LogP contribution >= 0.6 is 0 Å². The lowest BCUT2D eigenvalue weighted by Crippen LogP contribution is -2.47. The Hall–Kier alpha value is -1.26. The number of nitrogens with one attached hydrogen (secondary N) is 1. The van der Waals surface area contributed by atoms with Gasteiger partial charge in [0.2, 0.25) is 5.91 Å². The van der Waals surface area contributed by atoms with E-state index in [9.17, 15) is 4.79 Å². The summed E-state index contributed by atoms with van der Waals surface area (Å²) in [5.74, 6) is 0.714. The van der Waals surface area contributed by atoms with E-state index in [0.717, 1.165) is 12.8 Å². The van der Waals surface area contributed by atoms with Crippen molar-refractivity contribution in [3.05, 3.63) is 0 Å². The van der Waals surface area contributed by atoms with E-state index < -0.39 is 0 Å². The third-order valence-electron chi connectivity index (χ3n) is 2.59. The van der Waals surface area contributed by atoms with Crippen LogP contribution in [-0.4, -0.2) is 23.0 Å². The lowest BCUT2D eigenvalue weighted by Gasteiger charge is -2.20. The van der Waals surface area contributed by atoms with Gasteiger partial charge in [-0.15, -0.1) is 0 Å². The molecule has 5 nitrogen and oxygen atoms in total. The second-order valence-corrected chi connectivity index (χ2v) is 4.46. The lowest BCUT2D eigenvalue weighted by molar-refractivity contribution is -0.122. The van der Waals surface area contributed by atoms with Gasteiger partial charge in [0, 0.05) is 6.42 Å². The SMILES string of the molecule is CC(C)C(NC(=O)CC1CC1)C(N)=NO. The summed E-state index contributed by atoms with van der Waals surface area (Å²) in [4.78, 5) is 11.5. The van der Waals surface area contributed by atoms with Crippen molar-refractivity contribution >= 4 is 11.7 Å². The van der Waals surface area contributed by atoms with Gasteiger partial charge < -0.3 is 16.3 Å². The molecule has 0 bridgehead atoms. The number of nitrogens with two attached hydrogens (primary N) is 1. The van der Waals surface area contributed by atoms with Crippen LogP contribution in [0, 0.1) is 11.8 Å². The Kier molecular flexibility index (Phi) is 3.94. The zero-order valence-corrected chi connectivity index (χ0v) is 9.23. The molecule has 0 aromatic heterocycles. The van der Waals surface area contributed by atoms with E-state index in [4.69, 9.17) is 10.9 Å². The summed E-state index contributed by atoms with van der Waals surface area (Å²) in [5.41, 5.74) is 5.50. The molecule has 0 saturated heterocycles. The zero-order valence-electron chi connectivity index (χ0n) is 9.23. The Morgan fingerprint density at radius 3 is 2.60 bits per heavy atom. The highest BCUT2D eigenvalue weighted by atomic mass is 16.4. The van der Waals surface area contributed by atoms with Crippen molar-refractivity contribution in [1.29, 1.82) is 0 Å². The number of carbonyl (C=O) groups is 1. The molecule has 0 aromatic carbocycles. The van der Waals surface area contributed by atoms with Crippen LogP contribution in [0.25, 0.3) is 0 Å². The number of hydrogen-bond donors (Lipinski definition) is 3. The minimum Gasteiger partial charge on any atom is -0.409 e. The molecular formula is C10H19N3O2. The molecule has 1 aliphatic rings. The predicted molar refractivity (Wildman–Crippen MR) is 57.5 cm³/mol. The van der Waals surface area contributed by atoms with Crippen molar-refractivity contribution in [2.24, 2.45) is 22.7 Å². The topological polar surface area (TPSA) is 87.7 Å². The molecule has 1 atom stereocenters. The summed E-state index contributed by atoms with van der Waals surface area (Å²) in [6.45, 7) is 3.83. The standard InChI is InChI=1S/C10H19N3O2/c1-6(2)9(10(11)13-15)12-8(14)5-7-3-4-7/h6-7,9,15H,3-5H2,1-2H3,(H2,11,13)(H,12,14). The summed E-state index contributed by atoms with van der Waals surface area (Å²) in [7, 11) is 0. The van der Waals surface area contributed by atoms with Crippen molar-refractivity contribution in [3.8, 4) is 0 Å². The van der Waals surface area contributed by atoms with Gasteiger partial charge in [-0.1, -0.05) is 19.0 Å². The van der Waals surface area contributed by atoms with Gasteiger partial charge in [0.15, 0.2) is 5.84 Å². The molecule has 0 spiro atoms. The van der Waals surface area contributed by atoms with Crippen molar-refractivity contribution in [2.45, 2.75) is 39.2 Å². The van der Waals surface area contributed by atoms with Gasteiger partial charge in [0.25, 0.3) is 0 Å². The number of amides is 1. The fourth-order valence-corrected chi connectivity index (χ4v) is 1.46. The first-order valence-electron chi connectivity index (χ1n) is 5.31. The normalized spacial score (nSPS) is 19.0. The maximum absolute atomic E-state index is 11.5. The van der Waals surface area contributed by atoms with Crippen molar-refractivity contribution in [1.82, 2.24) is 5.32 Å². The van der Waals surface area contributed by atoms with Gasteiger partial charge in [-0.2, -0.15) is 0 Å². The molecule has 1 amide bonds. The molecule has 5 heteroatoms. The minimum atomic E-state index is -0.374. The molecule has 86 valence electrons. The monoisotopic (exact) mass is 213 g/mol. The summed E-state index contributed by atoms with van der Waals surface area (Å²) in [6.07, 6.45) is 2.84. The maximum Gasteiger partial charge on any atom is 0.220 e. The summed E-state index contributed by atoms with van der Waals surface area (Å²) < 4.78 is 0. The second kappa shape index (κ2) is 5.00. The largest absolute Gasteiger partial charge is 0.409 e. The van der Waals surface area contributed by atoms with E-state index in [1.807, 2.05) is 13.8 Å². The Balaban J connectivity index is 2.45. The number of oxime groups is 1. The summed E-state index contributed by atoms with van der Waals surface area (Å²) >= 11 is 0. The van der Waals surface area contributed by atoms with Crippen molar-refractivity contribution < 1.29 is 10.0 Å². The Morgan fingerprint density at radius 2 is 2.20 bits per heavy atom. The van der Waals surface area contributed by atoms with Gasteiger partial charge >= 0.3 is 0 Å². The number of rotatable bonds is 5. The average Bonchev–Trinajstić information content (AvgIpc) is 2.96. The van der Waals surface area contributed by atoms with Crippen molar-refractivity contribution in [3.63, 3.8) is 0 Å². The molecule has 0 aliphatic heterocycles. The van der Waals surface area contributed by atoms with Gasteiger partial charge in [0.05, 0.1) is 6.04 Å². The smallest absolute Gasteiger partial charge is 0.220 e. The van der Waals surface area contributed by atoms with Gasteiger partial charge in [-0.25, -0.2) is 0 Å². The highest BCUT2D eigenvalue weighted by Crippen LogP contribution is 2.32. The Bertz CT molecular complexity index is 259.